The normalized spacial score (nSPS) is 22.7. The van der Waals surface area contributed by atoms with Gasteiger partial charge in [0.15, 0.2) is 0 Å². The summed E-state index contributed by atoms with van der Waals surface area (Å²) in [4.78, 5) is 25.5. The molecular weight excluding hydrogens is 230 g/mol. The molecule has 18 heavy (non-hydrogen) atoms. The average molecular weight is 253 g/mol. The van der Waals surface area contributed by atoms with Crippen molar-refractivity contribution in [3.63, 3.8) is 0 Å². The third-order valence-electron chi connectivity index (χ3n) is 3.86. The van der Waals surface area contributed by atoms with Crippen LogP contribution in [0.3, 0.4) is 0 Å². The number of rotatable bonds is 4. The maximum atomic E-state index is 11.9. The molecule has 0 bridgehead atoms. The van der Waals surface area contributed by atoms with Crippen molar-refractivity contribution in [1.29, 1.82) is 0 Å². The minimum Gasteiger partial charge on any atom is -0.352 e. The van der Waals surface area contributed by atoms with E-state index in [1.54, 1.807) is 0 Å². The summed E-state index contributed by atoms with van der Waals surface area (Å²) >= 11 is 0. The zero-order chi connectivity index (χ0) is 13.1. The van der Waals surface area contributed by atoms with Crippen molar-refractivity contribution in [3.8, 4) is 0 Å². The van der Waals surface area contributed by atoms with Crippen LogP contribution in [-0.4, -0.2) is 41.9 Å². The summed E-state index contributed by atoms with van der Waals surface area (Å²) in [7, 11) is 0. The molecule has 0 aromatic carbocycles. The van der Waals surface area contributed by atoms with Gasteiger partial charge < -0.3 is 16.0 Å². The van der Waals surface area contributed by atoms with E-state index in [-0.39, 0.29) is 11.9 Å². The molecule has 2 fully saturated rings. The second-order valence-corrected chi connectivity index (χ2v) is 5.40. The van der Waals surface area contributed by atoms with Gasteiger partial charge in [0.2, 0.25) is 11.8 Å². The van der Waals surface area contributed by atoms with Crippen LogP contribution >= 0.6 is 0 Å². The molecule has 1 aliphatic heterocycles. The van der Waals surface area contributed by atoms with Crippen LogP contribution < -0.4 is 11.1 Å². The molecule has 1 unspecified atom stereocenters. The molecule has 102 valence electrons. The molecule has 5 heteroatoms. The first-order chi connectivity index (χ1) is 8.61. The lowest BCUT2D eigenvalue weighted by atomic mass is 10.0. The van der Waals surface area contributed by atoms with Gasteiger partial charge in [-0.3, -0.25) is 9.59 Å². The monoisotopic (exact) mass is 253 g/mol. The van der Waals surface area contributed by atoms with E-state index in [1.165, 1.54) is 0 Å². The van der Waals surface area contributed by atoms with Crippen molar-refractivity contribution in [2.45, 2.75) is 51.1 Å². The Morgan fingerprint density at radius 2 is 1.89 bits per heavy atom. The molecule has 0 aromatic rings. The topological polar surface area (TPSA) is 75.4 Å². The van der Waals surface area contributed by atoms with E-state index < -0.39 is 6.04 Å². The fourth-order valence-electron chi connectivity index (χ4n) is 2.33. The molecule has 1 saturated heterocycles. The maximum absolute atomic E-state index is 11.9. The van der Waals surface area contributed by atoms with Gasteiger partial charge in [-0.2, -0.15) is 0 Å². The van der Waals surface area contributed by atoms with Crippen LogP contribution in [0.25, 0.3) is 0 Å². The predicted molar refractivity (Wildman–Crippen MR) is 68.7 cm³/mol. The van der Waals surface area contributed by atoms with Crippen molar-refractivity contribution < 1.29 is 9.59 Å². The zero-order valence-electron chi connectivity index (χ0n) is 11.0. The largest absolute Gasteiger partial charge is 0.352 e. The first kappa shape index (κ1) is 13.3. The van der Waals surface area contributed by atoms with Gasteiger partial charge in [0.1, 0.15) is 0 Å². The second kappa shape index (κ2) is 5.69. The highest BCUT2D eigenvalue weighted by Gasteiger charge is 2.35. The minimum absolute atomic E-state index is 0.0653. The molecule has 1 atom stereocenters. The Balaban J connectivity index is 1.72. The lowest BCUT2D eigenvalue weighted by Gasteiger charge is -2.33. The number of amides is 2. The van der Waals surface area contributed by atoms with Crippen LogP contribution in [-0.2, 0) is 9.59 Å². The average Bonchev–Trinajstić information content (AvgIpc) is 3.22. The molecule has 1 aliphatic carbocycles. The highest BCUT2D eigenvalue weighted by molar-refractivity contribution is 5.82. The van der Waals surface area contributed by atoms with Gasteiger partial charge in [0.25, 0.3) is 0 Å². The van der Waals surface area contributed by atoms with E-state index in [1.807, 2.05) is 11.8 Å². The fourth-order valence-corrected chi connectivity index (χ4v) is 2.33. The maximum Gasteiger partial charge on any atom is 0.237 e. The minimum atomic E-state index is -0.406. The Bertz CT molecular complexity index is 320. The molecule has 2 amide bonds. The first-order valence-electron chi connectivity index (χ1n) is 6.96. The molecule has 2 aliphatic rings. The molecule has 3 N–H and O–H groups in total. The molecule has 0 radical (unpaired) electrons. The van der Waals surface area contributed by atoms with Gasteiger partial charge >= 0.3 is 0 Å². The van der Waals surface area contributed by atoms with Crippen molar-refractivity contribution in [2.75, 3.05) is 13.1 Å². The molecule has 0 spiro atoms. The highest BCUT2D eigenvalue weighted by atomic mass is 16.2. The number of likely N-dealkylation sites (tertiary alicyclic amines) is 1. The Hall–Kier alpha value is -1.10. The molecule has 1 saturated carbocycles. The van der Waals surface area contributed by atoms with E-state index in [9.17, 15) is 9.59 Å². The van der Waals surface area contributed by atoms with Crippen LogP contribution in [0.5, 0.6) is 0 Å². The quantitative estimate of drug-likeness (QED) is 0.753. The van der Waals surface area contributed by atoms with Crippen molar-refractivity contribution in [1.82, 2.24) is 10.2 Å². The van der Waals surface area contributed by atoms with Gasteiger partial charge in [-0.1, -0.05) is 6.92 Å². The van der Waals surface area contributed by atoms with Crippen LogP contribution in [0.1, 0.15) is 39.0 Å². The van der Waals surface area contributed by atoms with Crippen molar-refractivity contribution in [2.24, 2.45) is 11.7 Å². The Labute approximate surface area is 108 Å². The molecular formula is C13H23N3O2. The number of nitrogens with zero attached hydrogens (tertiary/aromatic N) is 1. The number of carbonyl (C=O) groups is 2. The van der Waals surface area contributed by atoms with Crippen LogP contribution in [0.15, 0.2) is 0 Å². The summed E-state index contributed by atoms with van der Waals surface area (Å²) in [6.07, 6.45) is 4.47. The van der Waals surface area contributed by atoms with Crippen LogP contribution in [0, 0.1) is 5.92 Å². The van der Waals surface area contributed by atoms with Gasteiger partial charge in [-0.15, -0.1) is 0 Å². The van der Waals surface area contributed by atoms with E-state index in [2.05, 4.69) is 5.32 Å². The summed E-state index contributed by atoms with van der Waals surface area (Å²) in [6.45, 7) is 3.43. The summed E-state index contributed by atoms with van der Waals surface area (Å²) in [6, 6.07) is -0.227. The molecule has 0 aromatic heterocycles. The van der Waals surface area contributed by atoms with E-state index in [0.717, 1.165) is 38.8 Å². The first-order valence-corrected chi connectivity index (χ1v) is 6.96. The standard InChI is InChI=1S/C13H23N3O2/c1-2-11(14)12(17)15-10-5-7-16(8-6-10)13(18)9-3-4-9/h9-11H,2-8,14H2,1H3,(H,15,17). The predicted octanol–water partition coefficient (Wildman–Crippen LogP) is 0.241. The lowest BCUT2D eigenvalue weighted by molar-refractivity contribution is -0.133. The third kappa shape index (κ3) is 3.22. The number of piperidine rings is 1. The zero-order valence-corrected chi connectivity index (χ0v) is 11.0. The molecule has 2 rings (SSSR count). The van der Waals surface area contributed by atoms with Gasteiger partial charge in [-0.25, -0.2) is 0 Å². The number of hydrogen-bond donors (Lipinski definition) is 2. The Morgan fingerprint density at radius 3 is 2.39 bits per heavy atom. The second-order valence-electron chi connectivity index (χ2n) is 5.40. The molecule has 1 heterocycles. The van der Waals surface area contributed by atoms with Crippen LogP contribution in [0.2, 0.25) is 0 Å². The Kier molecular flexibility index (Phi) is 4.22. The summed E-state index contributed by atoms with van der Waals surface area (Å²) in [5.41, 5.74) is 5.68. The van der Waals surface area contributed by atoms with Gasteiger partial charge in [0.05, 0.1) is 6.04 Å². The van der Waals surface area contributed by atoms with Crippen LogP contribution in [0.4, 0.5) is 0 Å². The van der Waals surface area contributed by atoms with E-state index in [0.29, 0.717) is 18.2 Å². The SMILES string of the molecule is CCC(N)C(=O)NC1CCN(C(=O)C2CC2)CC1. The summed E-state index contributed by atoms with van der Waals surface area (Å²) in [5.74, 6) is 0.541. The Morgan fingerprint density at radius 1 is 1.28 bits per heavy atom. The van der Waals surface area contributed by atoms with E-state index >= 15 is 0 Å². The molecule has 5 nitrogen and oxygen atoms in total. The number of nitrogens with one attached hydrogen (secondary N) is 1. The smallest absolute Gasteiger partial charge is 0.237 e. The number of hydrogen-bond acceptors (Lipinski definition) is 3. The highest BCUT2D eigenvalue weighted by Crippen LogP contribution is 2.31. The fraction of sp³-hybridized carbons (Fsp3) is 0.846. The number of nitrogens with two attached hydrogens (primary N) is 1. The van der Waals surface area contributed by atoms with Gasteiger partial charge in [-0.05, 0) is 32.1 Å². The van der Waals surface area contributed by atoms with E-state index in [4.69, 9.17) is 5.73 Å². The van der Waals surface area contributed by atoms with Crippen molar-refractivity contribution in [3.05, 3.63) is 0 Å². The lowest BCUT2D eigenvalue weighted by Crippen LogP contribution is -2.50. The van der Waals surface area contributed by atoms with Gasteiger partial charge in [0, 0.05) is 25.0 Å². The van der Waals surface area contributed by atoms with Crippen molar-refractivity contribution >= 4 is 11.8 Å². The summed E-state index contributed by atoms with van der Waals surface area (Å²) in [5, 5.41) is 2.97. The number of carbonyl (C=O) groups excluding carboxylic acids is 2. The third-order valence-corrected chi connectivity index (χ3v) is 3.86. The summed E-state index contributed by atoms with van der Waals surface area (Å²) < 4.78 is 0.